The van der Waals surface area contributed by atoms with Crippen molar-refractivity contribution >= 4 is 24.6 Å². The SMILES string of the molecule is C1=NC=NC2(C3NCCc4ccccc43)N=CN=C12. The van der Waals surface area contributed by atoms with Crippen molar-refractivity contribution in [2.45, 2.75) is 18.1 Å². The third-order valence-corrected chi connectivity index (χ3v) is 3.86. The van der Waals surface area contributed by atoms with Crippen molar-refractivity contribution in [2.75, 3.05) is 6.54 Å². The molecule has 0 saturated carbocycles. The van der Waals surface area contributed by atoms with Crippen LogP contribution < -0.4 is 5.32 Å². The molecule has 3 heterocycles. The zero-order chi connectivity index (χ0) is 12.7. The van der Waals surface area contributed by atoms with Gasteiger partial charge < -0.3 is 5.32 Å². The number of hydrogen-bond donors (Lipinski definition) is 1. The highest BCUT2D eigenvalue weighted by molar-refractivity contribution is 6.39. The topological polar surface area (TPSA) is 61.5 Å². The predicted octanol–water partition coefficient (Wildman–Crippen LogP) is 1.17. The lowest BCUT2D eigenvalue weighted by atomic mass is 9.84. The smallest absolute Gasteiger partial charge is 0.216 e. The Hall–Kier alpha value is -2.14. The standard InChI is InChI=1S/C14H13N5/c1-2-4-11-10(3-1)5-6-16-13(11)14-12(17-9-19-14)7-15-8-18-14/h1-4,7-9,13,16H,5-6H2. The second-order valence-electron chi connectivity index (χ2n) is 4.84. The first-order valence-corrected chi connectivity index (χ1v) is 6.40. The van der Waals surface area contributed by atoms with Gasteiger partial charge in [-0.2, -0.15) is 0 Å². The van der Waals surface area contributed by atoms with Gasteiger partial charge in [0.25, 0.3) is 0 Å². The Bertz CT molecular complexity index is 643. The van der Waals surface area contributed by atoms with E-state index in [0.717, 1.165) is 18.7 Å². The number of aliphatic imine (C=N–C) groups is 4. The van der Waals surface area contributed by atoms with E-state index in [0.29, 0.717) is 0 Å². The Morgan fingerprint density at radius 1 is 1.16 bits per heavy atom. The fourth-order valence-electron chi connectivity index (χ4n) is 2.95. The summed E-state index contributed by atoms with van der Waals surface area (Å²) >= 11 is 0. The maximum absolute atomic E-state index is 4.53. The van der Waals surface area contributed by atoms with Gasteiger partial charge in [-0.15, -0.1) is 0 Å². The van der Waals surface area contributed by atoms with Crippen LogP contribution in [0, 0.1) is 0 Å². The number of nitrogens with zero attached hydrogens (tertiary/aromatic N) is 4. The lowest BCUT2D eigenvalue weighted by Gasteiger charge is -2.37. The molecule has 5 nitrogen and oxygen atoms in total. The minimum absolute atomic E-state index is 0.0259. The van der Waals surface area contributed by atoms with Gasteiger partial charge in [0.05, 0.1) is 12.3 Å². The third-order valence-electron chi connectivity index (χ3n) is 3.86. The van der Waals surface area contributed by atoms with Crippen LogP contribution in [-0.2, 0) is 6.42 Å². The summed E-state index contributed by atoms with van der Waals surface area (Å²) in [5, 5.41) is 3.54. The highest BCUT2D eigenvalue weighted by Gasteiger charge is 2.47. The molecule has 0 radical (unpaired) electrons. The van der Waals surface area contributed by atoms with Gasteiger partial charge >= 0.3 is 0 Å². The molecule has 94 valence electrons. The number of benzene rings is 1. The van der Waals surface area contributed by atoms with Crippen LogP contribution in [0.2, 0.25) is 0 Å². The summed E-state index contributed by atoms with van der Waals surface area (Å²) in [5.74, 6) is 0. The second-order valence-corrected chi connectivity index (χ2v) is 4.84. The maximum Gasteiger partial charge on any atom is 0.216 e. The average Bonchev–Trinajstić information content (AvgIpc) is 2.91. The molecule has 0 aromatic heterocycles. The van der Waals surface area contributed by atoms with Gasteiger partial charge in [-0.25, -0.2) is 20.0 Å². The molecular weight excluding hydrogens is 238 g/mol. The van der Waals surface area contributed by atoms with E-state index >= 15 is 0 Å². The minimum Gasteiger partial charge on any atom is -0.306 e. The molecule has 3 aliphatic heterocycles. The molecule has 0 saturated heterocycles. The molecule has 0 amide bonds. The Morgan fingerprint density at radius 3 is 3.05 bits per heavy atom. The van der Waals surface area contributed by atoms with Crippen molar-refractivity contribution in [2.24, 2.45) is 20.0 Å². The molecule has 3 aliphatic rings. The quantitative estimate of drug-likeness (QED) is 0.800. The van der Waals surface area contributed by atoms with Gasteiger partial charge in [-0.1, -0.05) is 24.3 Å². The minimum atomic E-state index is -0.668. The van der Waals surface area contributed by atoms with Gasteiger partial charge in [0, 0.05) is 0 Å². The molecule has 0 bridgehead atoms. The average molecular weight is 251 g/mol. The number of nitrogens with one attached hydrogen (secondary N) is 1. The zero-order valence-corrected chi connectivity index (χ0v) is 10.3. The van der Waals surface area contributed by atoms with E-state index in [1.807, 2.05) is 0 Å². The van der Waals surface area contributed by atoms with Crippen molar-refractivity contribution in [3.05, 3.63) is 35.4 Å². The van der Waals surface area contributed by atoms with Crippen molar-refractivity contribution in [1.82, 2.24) is 5.32 Å². The summed E-state index contributed by atoms with van der Waals surface area (Å²) in [6, 6.07) is 8.49. The molecule has 19 heavy (non-hydrogen) atoms. The van der Waals surface area contributed by atoms with Crippen LogP contribution in [0.15, 0.2) is 44.2 Å². The number of rotatable bonds is 1. The van der Waals surface area contributed by atoms with E-state index in [1.165, 1.54) is 11.1 Å². The molecular formula is C14H13N5. The third kappa shape index (κ3) is 1.45. The summed E-state index contributed by atoms with van der Waals surface area (Å²) in [7, 11) is 0. The summed E-state index contributed by atoms with van der Waals surface area (Å²) in [6.45, 7) is 0.929. The first kappa shape index (κ1) is 10.8. The lowest BCUT2D eigenvalue weighted by molar-refractivity contribution is 0.388. The van der Waals surface area contributed by atoms with Crippen molar-refractivity contribution in [3.8, 4) is 0 Å². The first-order valence-electron chi connectivity index (χ1n) is 6.40. The van der Waals surface area contributed by atoms with Crippen LogP contribution >= 0.6 is 0 Å². The van der Waals surface area contributed by atoms with Gasteiger partial charge in [0.15, 0.2) is 0 Å². The summed E-state index contributed by atoms with van der Waals surface area (Å²) in [6.07, 6.45) is 5.94. The van der Waals surface area contributed by atoms with E-state index in [1.54, 1.807) is 18.9 Å². The largest absolute Gasteiger partial charge is 0.306 e. The highest BCUT2D eigenvalue weighted by atomic mass is 15.2. The molecule has 0 spiro atoms. The van der Waals surface area contributed by atoms with Crippen LogP contribution in [0.1, 0.15) is 17.2 Å². The second kappa shape index (κ2) is 3.93. The monoisotopic (exact) mass is 251 g/mol. The van der Waals surface area contributed by atoms with E-state index in [-0.39, 0.29) is 6.04 Å². The Labute approximate surface area is 110 Å². The van der Waals surface area contributed by atoms with Crippen LogP contribution in [0.25, 0.3) is 0 Å². The molecule has 1 aromatic carbocycles. The Kier molecular flexibility index (Phi) is 2.22. The fourth-order valence-corrected chi connectivity index (χ4v) is 2.95. The molecule has 1 N–H and O–H groups in total. The molecule has 2 unspecified atom stereocenters. The van der Waals surface area contributed by atoms with Gasteiger partial charge in [-0.05, 0) is 24.1 Å². The summed E-state index contributed by atoms with van der Waals surface area (Å²) in [5.41, 5.74) is 2.76. The zero-order valence-electron chi connectivity index (χ0n) is 10.3. The molecule has 4 rings (SSSR count). The van der Waals surface area contributed by atoms with Crippen molar-refractivity contribution < 1.29 is 0 Å². The molecule has 0 aliphatic carbocycles. The fraction of sp³-hybridized carbons (Fsp3) is 0.286. The van der Waals surface area contributed by atoms with Gasteiger partial charge in [0.2, 0.25) is 5.66 Å². The molecule has 2 atom stereocenters. The molecule has 1 aromatic rings. The highest BCUT2D eigenvalue weighted by Crippen LogP contribution is 2.38. The summed E-state index contributed by atoms with van der Waals surface area (Å²) < 4.78 is 0. The lowest BCUT2D eigenvalue weighted by Crippen LogP contribution is -2.50. The Morgan fingerprint density at radius 2 is 2.05 bits per heavy atom. The number of hydrogen-bond acceptors (Lipinski definition) is 5. The first-order chi connectivity index (χ1) is 9.40. The van der Waals surface area contributed by atoms with Crippen LogP contribution in [0.5, 0.6) is 0 Å². The van der Waals surface area contributed by atoms with Gasteiger partial charge in [0.1, 0.15) is 18.4 Å². The molecule has 0 fully saturated rings. The van der Waals surface area contributed by atoms with E-state index < -0.39 is 5.66 Å². The number of fused-ring (bicyclic) bond motifs is 2. The summed E-state index contributed by atoms with van der Waals surface area (Å²) in [4.78, 5) is 17.4. The van der Waals surface area contributed by atoms with E-state index in [4.69, 9.17) is 0 Å². The van der Waals surface area contributed by atoms with Crippen molar-refractivity contribution in [3.63, 3.8) is 0 Å². The van der Waals surface area contributed by atoms with E-state index in [2.05, 4.69) is 49.6 Å². The van der Waals surface area contributed by atoms with Crippen LogP contribution in [0.3, 0.4) is 0 Å². The van der Waals surface area contributed by atoms with Crippen LogP contribution in [-0.4, -0.2) is 36.8 Å². The van der Waals surface area contributed by atoms with Crippen LogP contribution in [0.4, 0.5) is 0 Å². The maximum atomic E-state index is 4.53. The molecule has 5 heteroatoms. The predicted molar refractivity (Wildman–Crippen MR) is 76.5 cm³/mol. The van der Waals surface area contributed by atoms with Crippen molar-refractivity contribution in [1.29, 1.82) is 0 Å². The van der Waals surface area contributed by atoms with E-state index in [9.17, 15) is 0 Å². The van der Waals surface area contributed by atoms with Gasteiger partial charge in [-0.3, -0.25) is 0 Å². The Balaban J connectivity index is 1.86. The normalized spacial score (nSPS) is 30.9.